The number of aliphatic hydroxyl groups is 1. The molecule has 1 N–H and O–H groups in total. The lowest BCUT2D eigenvalue weighted by Gasteiger charge is -2.14. The van der Waals surface area contributed by atoms with Gasteiger partial charge < -0.3 is 5.11 Å². The molecule has 3 heteroatoms. The predicted octanol–water partition coefficient (Wildman–Crippen LogP) is 2.02. The molecule has 1 heterocycles. The lowest BCUT2D eigenvalue weighted by molar-refractivity contribution is 0.134. The van der Waals surface area contributed by atoms with Crippen LogP contribution in [0.25, 0.3) is 0 Å². The van der Waals surface area contributed by atoms with E-state index in [1.807, 2.05) is 11.6 Å². The Morgan fingerprint density at radius 3 is 2.53 bits per heavy atom. The summed E-state index contributed by atoms with van der Waals surface area (Å²) in [7, 11) is 0. The summed E-state index contributed by atoms with van der Waals surface area (Å²) < 4.78 is 2.04. The molecule has 0 aliphatic carbocycles. The molecule has 15 heavy (non-hydrogen) atoms. The summed E-state index contributed by atoms with van der Waals surface area (Å²) in [5, 5.41) is 14.0. The first-order valence-electron chi connectivity index (χ1n) is 5.82. The number of rotatable bonds is 5. The van der Waals surface area contributed by atoms with E-state index in [9.17, 15) is 5.11 Å². The van der Waals surface area contributed by atoms with Crippen LogP contribution in [0.2, 0.25) is 0 Å². The zero-order valence-corrected chi connectivity index (χ0v) is 10.2. The van der Waals surface area contributed by atoms with Crippen molar-refractivity contribution in [3.63, 3.8) is 0 Å². The van der Waals surface area contributed by atoms with Crippen molar-refractivity contribution in [2.45, 2.75) is 53.2 Å². The zero-order valence-electron chi connectivity index (χ0n) is 10.2. The van der Waals surface area contributed by atoms with Crippen molar-refractivity contribution in [1.82, 2.24) is 9.78 Å². The second kappa shape index (κ2) is 5.31. The second-order valence-electron chi connectivity index (χ2n) is 4.22. The summed E-state index contributed by atoms with van der Waals surface area (Å²) in [6, 6.07) is 2.16. The monoisotopic (exact) mass is 210 g/mol. The Morgan fingerprint density at radius 1 is 1.40 bits per heavy atom. The van der Waals surface area contributed by atoms with Gasteiger partial charge in [-0.05, 0) is 38.7 Å². The van der Waals surface area contributed by atoms with E-state index in [1.165, 1.54) is 5.69 Å². The summed E-state index contributed by atoms with van der Waals surface area (Å²) in [4.78, 5) is 0. The SMILES string of the molecule is CCc1cc(CC(C)C(C)O)n(CC)n1. The predicted molar refractivity (Wildman–Crippen MR) is 61.8 cm³/mol. The van der Waals surface area contributed by atoms with Crippen LogP contribution in [0.4, 0.5) is 0 Å². The maximum atomic E-state index is 9.48. The van der Waals surface area contributed by atoms with Crippen molar-refractivity contribution in [3.8, 4) is 0 Å². The van der Waals surface area contributed by atoms with Crippen LogP contribution in [-0.4, -0.2) is 21.0 Å². The highest BCUT2D eigenvalue weighted by atomic mass is 16.3. The zero-order chi connectivity index (χ0) is 11.4. The van der Waals surface area contributed by atoms with Crippen LogP contribution in [0.15, 0.2) is 6.07 Å². The molecule has 3 nitrogen and oxygen atoms in total. The van der Waals surface area contributed by atoms with E-state index >= 15 is 0 Å². The van der Waals surface area contributed by atoms with E-state index in [4.69, 9.17) is 0 Å². The minimum absolute atomic E-state index is 0.254. The molecule has 0 aliphatic heterocycles. The smallest absolute Gasteiger partial charge is 0.0624 e. The van der Waals surface area contributed by atoms with Gasteiger partial charge in [-0.1, -0.05) is 13.8 Å². The Morgan fingerprint density at radius 2 is 2.07 bits per heavy atom. The second-order valence-corrected chi connectivity index (χ2v) is 4.22. The number of aliphatic hydroxyl groups excluding tert-OH is 1. The fourth-order valence-electron chi connectivity index (χ4n) is 1.63. The van der Waals surface area contributed by atoms with Gasteiger partial charge in [-0.2, -0.15) is 5.10 Å². The molecule has 0 bridgehead atoms. The van der Waals surface area contributed by atoms with E-state index in [-0.39, 0.29) is 12.0 Å². The van der Waals surface area contributed by atoms with Crippen LogP contribution in [0, 0.1) is 5.92 Å². The summed E-state index contributed by atoms with van der Waals surface area (Å²) in [6.07, 6.45) is 1.62. The minimum atomic E-state index is -0.254. The third-order valence-electron chi connectivity index (χ3n) is 2.93. The Labute approximate surface area is 92.1 Å². The van der Waals surface area contributed by atoms with Gasteiger partial charge in [-0.3, -0.25) is 4.68 Å². The standard InChI is InChI=1S/C12H22N2O/c1-5-11-8-12(14(6-2)13-11)7-9(3)10(4)15/h8-10,15H,5-7H2,1-4H3. The van der Waals surface area contributed by atoms with Gasteiger partial charge in [0, 0.05) is 12.2 Å². The molecule has 0 aromatic carbocycles. The minimum Gasteiger partial charge on any atom is -0.393 e. The largest absolute Gasteiger partial charge is 0.393 e. The van der Waals surface area contributed by atoms with E-state index < -0.39 is 0 Å². The molecule has 0 amide bonds. The molecule has 86 valence electrons. The van der Waals surface area contributed by atoms with Gasteiger partial charge in [0.2, 0.25) is 0 Å². The molecule has 2 unspecified atom stereocenters. The van der Waals surface area contributed by atoms with Gasteiger partial charge in [0.25, 0.3) is 0 Å². The van der Waals surface area contributed by atoms with Gasteiger partial charge >= 0.3 is 0 Å². The molecular formula is C12H22N2O. The number of nitrogens with zero attached hydrogens (tertiary/aromatic N) is 2. The topological polar surface area (TPSA) is 38.0 Å². The Balaban J connectivity index is 2.78. The highest BCUT2D eigenvalue weighted by molar-refractivity contribution is 5.11. The van der Waals surface area contributed by atoms with Crippen molar-refractivity contribution < 1.29 is 5.11 Å². The average Bonchev–Trinajstić information content (AvgIpc) is 2.60. The van der Waals surface area contributed by atoms with Crippen molar-refractivity contribution in [3.05, 3.63) is 17.5 Å². The number of aryl methyl sites for hydroxylation is 2. The molecule has 0 spiro atoms. The molecule has 1 aromatic heterocycles. The molecule has 0 radical (unpaired) electrons. The first-order chi connectivity index (χ1) is 7.08. The summed E-state index contributed by atoms with van der Waals surface area (Å²) in [5.74, 6) is 0.289. The number of hydrogen-bond acceptors (Lipinski definition) is 2. The summed E-state index contributed by atoms with van der Waals surface area (Å²) in [5.41, 5.74) is 2.38. The normalized spacial score (nSPS) is 15.3. The molecule has 1 aromatic rings. The lowest BCUT2D eigenvalue weighted by Crippen LogP contribution is -2.17. The van der Waals surface area contributed by atoms with Crippen LogP contribution >= 0.6 is 0 Å². The average molecular weight is 210 g/mol. The fourth-order valence-corrected chi connectivity index (χ4v) is 1.63. The Bertz CT molecular complexity index is 305. The molecular weight excluding hydrogens is 188 g/mol. The van der Waals surface area contributed by atoms with Crippen LogP contribution in [0.3, 0.4) is 0 Å². The molecule has 0 fully saturated rings. The number of hydrogen-bond donors (Lipinski definition) is 1. The Hall–Kier alpha value is -0.830. The quantitative estimate of drug-likeness (QED) is 0.807. The first-order valence-corrected chi connectivity index (χ1v) is 5.82. The highest BCUT2D eigenvalue weighted by Crippen LogP contribution is 2.14. The van der Waals surface area contributed by atoms with Crippen molar-refractivity contribution >= 4 is 0 Å². The fraction of sp³-hybridized carbons (Fsp3) is 0.750. The maximum absolute atomic E-state index is 9.48. The van der Waals surface area contributed by atoms with E-state index in [2.05, 4.69) is 31.9 Å². The van der Waals surface area contributed by atoms with Gasteiger partial charge in [0.1, 0.15) is 0 Å². The Kier molecular flexibility index (Phi) is 4.33. The number of aromatic nitrogens is 2. The van der Waals surface area contributed by atoms with Crippen LogP contribution < -0.4 is 0 Å². The molecule has 0 saturated heterocycles. The van der Waals surface area contributed by atoms with E-state index in [1.54, 1.807) is 0 Å². The van der Waals surface area contributed by atoms with E-state index in [0.717, 1.165) is 25.1 Å². The van der Waals surface area contributed by atoms with Gasteiger partial charge in [-0.25, -0.2) is 0 Å². The highest BCUT2D eigenvalue weighted by Gasteiger charge is 2.13. The lowest BCUT2D eigenvalue weighted by atomic mass is 10.00. The molecule has 1 rings (SSSR count). The van der Waals surface area contributed by atoms with Crippen LogP contribution in [-0.2, 0) is 19.4 Å². The third-order valence-corrected chi connectivity index (χ3v) is 2.93. The summed E-state index contributed by atoms with van der Waals surface area (Å²) in [6.45, 7) is 9.04. The van der Waals surface area contributed by atoms with Crippen LogP contribution in [0.1, 0.15) is 39.1 Å². The first kappa shape index (κ1) is 12.2. The molecule has 0 saturated carbocycles. The third kappa shape index (κ3) is 3.06. The van der Waals surface area contributed by atoms with Gasteiger partial charge in [-0.15, -0.1) is 0 Å². The molecule has 0 aliphatic rings. The van der Waals surface area contributed by atoms with Gasteiger partial charge in [0.15, 0.2) is 0 Å². The van der Waals surface area contributed by atoms with Crippen molar-refractivity contribution in [2.75, 3.05) is 0 Å². The van der Waals surface area contributed by atoms with Crippen molar-refractivity contribution in [2.24, 2.45) is 5.92 Å². The van der Waals surface area contributed by atoms with Crippen LogP contribution in [0.5, 0.6) is 0 Å². The maximum Gasteiger partial charge on any atom is 0.0624 e. The molecule has 2 atom stereocenters. The van der Waals surface area contributed by atoms with E-state index in [0.29, 0.717) is 0 Å². The van der Waals surface area contributed by atoms with Crippen molar-refractivity contribution in [1.29, 1.82) is 0 Å². The summed E-state index contributed by atoms with van der Waals surface area (Å²) >= 11 is 0. The van der Waals surface area contributed by atoms with Gasteiger partial charge in [0.05, 0.1) is 11.8 Å².